The minimum Gasteiger partial charge on any atom is -0.494 e. The Morgan fingerprint density at radius 3 is 2.48 bits per heavy atom. The van der Waals surface area contributed by atoms with Crippen LogP contribution in [0.1, 0.15) is 35.6 Å². The van der Waals surface area contributed by atoms with Gasteiger partial charge >= 0.3 is 0 Å². The summed E-state index contributed by atoms with van der Waals surface area (Å²) in [5.74, 6) is 0.544. The largest absolute Gasteiger partial charge is 0.494 e. The lowest BCUT2D eigenvalue weighted by atomic mass is 9.84. The van der Waals surface area contributed by atoms with Crippen LogP contribution >= 0.6 is 34.8 Å². The number of nitrogens with one attached hydrogen (secondary N) is 2. The number of ether oxygens (including phenoxy) is 2. The van der Waals surface area contributed by atoms with Gasteiger partial charge in [-0.05, 0) is 60.5 Å². The fraction of sp³-hybridized carbons (Fsp3) is 0.267. The molecule has 3 N–H and O–H groups in total. The third-order valence-electron chi connectivity index (χ3n) is 6.38. The number of aliphatic imine (C=N–C) groups is 1. The summed E-state index contributed by atoms with van der Waals surface area (Å²) in [6.45, 7) is 4.82. The van der Waals surface area contributed by atoms with Crippen molar-refractivity contribution < 1.29 is 19.4 Å². The van der Waals surface area contributed by atoms with Gasteiger partial charge in [0, 0.05) is 52.2 Å². The van der Waals surface area contributed by atoms with Crippen LogP contribution in [0.5, 0.6) is 5.75 Å². The smallest absolute Gasteiger partial charge is 0.266 e. The first kappa shape index (κ1) is 29.9. The highest BCUT2D eigenvalue weighted by molar-refractivity contribution is 6.35. The Bertz CT molecular complexity index is 1350. The molecule has 0 spiro atoms. The average molecular weight is 603 g/mol. The van der Waals surface area contributed by atoms with Gasteiger partial charge in [0.05, 0.1) is 6.61 Å². The van der Waals surface area contributed by atoms with Gasteiger partial charge in [0.1, 0.15) is 5.75 Å². The minimum absolute atomic E-state index is 0.0564. The van der Waals surface area contributed by atoms with Crippen LogP contribution in [0.15, 0.2) is 84.4 Å². The Labute approximate surface area is 248 Å². The van der Waals surface area contributed by atoms with Gasteiger partial charge in [0.15, 0.2) is 11.6 Å². The monoisotopic (exact) mass is 601 g/mol. The Morgan fingerprint density at radius 1 is 1.07 bits per heavy atom. The van der Waals surface area contributed by atoms with Crippen LogP contribution in [0.4, 0.5) is 0 Å². The lowest BCUT2D eigenvalue weighted by Gasteiger charge is -2.30. The molecule has 0 unspecified atom stereocenters. The average Bonchev–Trinajstić information content (AvgIpc) is 3.33. The van der Waals surface area contributed by atoms with E-state index < -0.39 is 17.6 Å². The van der Waals surface area contributed by atoms with E-state index in [-0.39, 0.29) is 18.9 Å². The predicted molar refractivity (Wildman–Crippen MR) is 159 cm³/mol. The summed E-state index contributed by atoms with van der Waals surface area (Å²) < 4.78 is 12.0. The summed E-state index contributed by atoms with van der Waals surface area (Å²) in [5.41, 5.74) is 6.75. The SMILES string of the molecule is C=CC[C@]1(C(=O)NNCCc2ccc(Cl)cc2)N=C(c2ccc(OCCCO)cc2)O[C@H]1c1ccc(Cl)cc1Cl. The van der Waals surface area contributed by atoms with Crippen molar-refractivity contribution >= 4 is 46.6 Å². The van der Waals surface area contributed by atoms with E-state index in [1.54, 1.807) is 48.5 Å². The number of carbonyl (C=O) groups excluding carboxylic acids is 1. The minimum atomic E-state index is -1.39. The number of nitrogens with zero attached hydrogens (tertiary/aromatic N) is 1. The first-order valence-electron chi connectivity index (χ1n) is 12.8. The molecular formula is C30H30Cl3N3O4. The Morgan fingerprint density at radius 2 is 1.80 bits per heavy atom. The summed E-state index contributed by atoms with van der Waals surface area (Å²) in [7, 11) is 0. The van der Waals surface area contributed by atoms with Crippen LogP contribution in [0.25, 0.3) is 0 Å². The second kappa shape index (κ2) is 14.0. The number of halogens is 3. The van der Waals surface area contributed by atoms with Gasteiger partial charge in [-0.25, -0.2) is 10.4 Å². The highest BCUT2D eigenvalue weighted by Gasteiger charge is 2.53. The van der Waals surface area contributed by atoms with Gasteiger partial charge in [-0.1, -0.05) is 59.1 Å². The number of hydrazine groups is 1. The molecule has 0 aliphatic carbocycles. The number of rotatable bonds is 13. The molecule has 0 fully saturated rings. The van der Waals surface area contributed by atoms with Crippen LogP contribution in [-0.2, 0) is 16.0 Å². The van der Waals surface area contributed by atoms with E-state index in [0.29, 0.717) is 57.9 Å². The maximum Gasteiger partial charge on any atom is 0.266 e. The zero-order valence-corrected chi connectivity index (χ0v) is 24.0. The molecule has 1 aliphatic rings. The van der Waals surface area contributed by atoms with Gasteiger partial charge in [-0.2, -0.15) is 0 Å². The summed E-state index contributed by atoms with van der Waals surface area (Å²) in [4.78, 5) is 18.7. The zero-order chi connectivity index (χ0) is 28.5. The van der Waals surface area contributed by atoms with Crippen molar-refractivity contribution in [2.75, 3.05) is 19.8 Å². The van der Waals surface area contributed by atoms with Crippen molar-refractivity contribution in [3.63, 3.8) is 0 Å². The molecule has 0 saturated carbocycles. The van der Waals surface area contributed by atoms with Crippen LogP contribution in [-0.4, -0.2) is 42.2 Å². The van der Waals surface area contributed by atoms with Crippen molar-refractivity contribution in [2.24, 2.45) is 4.99 Å². The number of hydrogen-bond donors (Lipinski definition) is 3. The molecule has 0 aromatic heterocycles. The zero-order valence-electron chi connectivity index (χ0n) is 21.7. The summed E-state index contributed by atoms with van der Waals surface area (Å²) in [6.07, 6.45) is 2.19. The molecule has 1 heterocycles. The van der Waals surface area contributed by atoms with Crippen LogP contribution in [0.2, 0.25) is 15.1 Å². The van der Waals surface area contributed by atoms with E-state index in [1.807, 2.05) is 24.3 Å². The molecule has 0 radical (unpaired) electrons. The molecule has 3 aromatic rings. The molecule has 1 aliphatic heterocycles. The van der Waals surface area contributed by atoms with Gasteiger partial charge in [0.2, 0.25) is 5.90 Å². The van der Waals surface area contributed by atoms with E-state index in [2.05, 4.69) is 17.4 Å². The van der Waals surface area contributed by atoms with E-state index in [1.165, 1.54) is 0 Å². The first-order valence-corrected chi connectivity index (χ1v) is 13.9. The van der Waals surface area contributed by atoms with Crippen LogP contribution in [0.3, 0.4) is 0 Å². The highest BCUT2D eigenvalue weighted by atomic mass is 35.5. The Hall–Kier alpha value is -3.07. The molecule has 40 heavy (non-hydrogen) atoms. The Balaban J connectivity index is 1.59. The lowest BCUT2D eigenvalue weighted by Crippen LogP contribution is -2.52. The number of aliphatic hydroxyl groups is 1. The van der Waals surface area contributed by atoms with Crippen molar-refractivity contribution in [2.45, 2.75) is 30.9 Å². The van der Waals surface area contributed by atoms with Gasteiger partial charge in [0.25, 0.3) is 5.91 Å². The van der Waals surface area contributed by atoms with Gasteiger partial charge in [-0.3, -0.25) is 10.2 Å². The molecule has 10 heteroatoms. The number of benzene rings is 3. The van der Waals surface area contributed by atoms with Crippen LogP contribution < -0.4 is 15.6 Å². The number of hydrogen-bond acceptors (Lipinski definition) is 6. The fourth-order valence-corrected chi connectivity index (χ4v) is 4.97. The number of amides is 1. The Kier molecular flexibility index (Phi) is 10.5. The van der Waals surface area contributed by atoms with Crippen molar-refractivity contribution in [1.29, 1.82) is 0 Å². The van der Waals surface area contributed by atoms with Crippen molar-refractivity contribution in [3.05, 3.63) is 111 Å². The molecule has 7 nitrogen and oxygen atoms in total. The van der Waals surface area contributed by atoms with E-state index in [4.69, 9.17) is 54.4 Å². The summed E-state index contributed by atoms with van der Waals surface area (Å²) in [5, 5.41) is 10.5. The molecular weight excluding hydrogens is 573 g/mol. The highest BCUT2D eigenvalue weighted by Crippen LogP contribution is 2.45. The van der Waals surface area contributed by atoms with Gasteiger partial charge in [-0.15, -0.1) is 6.58 Å². The number of carbonyl (C=O) groups is 1. The maximum absolute atomic E-state index is 13.8. The summed E-state index contributed by atoms with van der Waals surface area (Å²) >= 11 is 18.7. The van der Waals surface area contributed by atoms with E-state index >= 15 is 0 Å². The standard InChI is InChI=1S/C30H30Cl3N3O4/c1-2-15-30(29(38)36-34-16-14-20-4-8-22(31)9-5-20)27(25-13-10-23(32)19-26(25)33)40-28(35-30)21-6-11-24(12-7-21)39-18-3-17-37/h2,4-13,19,27,34,37H,1,3,14-18H2,(H,36,38)/t27-,30-/m0/s1. The lowest BCUT2D eigenvalue weighted by molar-refractivity contribution is -0.129. The summed E-state index contributed by atoms with van der Waals surface area (Å²) in [6, 6.07) is 19.8. The molecule has 4 rings (SSSR count). The maximum atomic E-state index is 13.8. The second-order valence-electron chi connectivity index (χ2n) is 9.21. The fourth-order valence-electron chi connectivity index (χ4n) is 4.34. The van der Waals surface area contributed by atoms with E-state index in [0.717, 1.165) is 5.56 Å². The number of aliphatic hydroxyl groups excluding tert-OH is 1. The normalized spacial score (nSPS) is 18.1. The van der Waals surface area contributed by atoms with E-state index in [9.17, 15) is 4.79 Å². The third kappa shape index (κ3) is 7.16. The van der Waals surface area contributed by atoms with Gasteiger partial charge < -0.3 is 14.6 Å². The molecule has 2 atom stereocenters. The molecule has 0 saturated heterocycles. The second-order valence-corrected chi connectivity index (χ2v) is 10.5. The quantitative estimate of drug-likeness (QED) is 0.125. The third-order valence-corrected chi connectivity index (χ3v) is 7.20. The first-order chi connectivity index (χ1) is 19.4. The molecule has 1 amide bonds. The van der Waals surface area contributed by atoms with Crippen LogP contribution in [0, 0.1) is 0 Å². The molecule has 0 bridgehead atoms. The van der Waals surface area contributed by atoms with Crippen molar-refractivity contribution in [3.8, 4) is 5.75 Å². The predicted octanol–water partition coefficient (Wildman–Crippen LogP) is 6.10. The molecule has 3 aromatic carbocycles. The van der Waals surface area contributed by atoms with Crippen molar-refractivity contribution in [1.82, 2.24) is 10.9 Å². The molecule has 210 valence electrons. The topological polar surface area (TPSA) is 92.2 Å².